The zero-order valence-corrected chi connectivity index (χ0v) is 26.9. The summed E-state index contributed by atoms with van der Waals surface area (Å²) in [6, 6.07) is 17.3. The van der Waals surface area contributed by atoms with Crippen molar-refractivity contribution in [3.05, 3.63) is 83.8 Å². The molecule has 0 atom stereocenters. The number of aryl methyl sites for hydroxylation is 1. The number of amidine groups is 1. The predicted octanol–water partition coefficient (Wildman–Crippen LogP) is 4.67. The van der Waals surface area contributed by atoms with Crippen molar-refractivity contribution < 1.29 is 33.8 Å². The van der Waals surface area contributed by atoms with E-state index in [1.54, 1.807) is 48.5 Å². The molecule has 0 unspecified atom stereocenters. The molecule has 48 heavy (non-hydrogen) atoms. The fourth-order valence-corrected chi connectivity index (χ4v) is 4.77. The van der Waals surface area contributed by atoms with Gasteiger partial charge < -0.3 is 30.2 Å². The molecule has 2 aromatic heterocycles. The van der Waals surface area contributed by atoms with Crippen LogP contribution in [0.3, 0.4) is 0 Å². The van der Waals surface area contributed by atoms with E-state index >= 15 is 0 Å². The molecule has 4 N–H and O–H groups in total. The highest BCUT2D eigenvalue weighted by molar-refractivity contribution is 6.07. The van der Waals surface area contributed by atoms with Gasteiger partial charge in [0.05, 0.1) is 30.6 Å². The Morgan fingerprint density at radius 1 is 1.00 bits per heavy atom. The van der Waals surface area contributed by atoms with E-state index in [9.17, 15) is 19.2 Å². The second-order valence-electron chi connectivity index (χ2n) is 10.8. The number of nitrogens with two attached hydrogens (primary N) is 1. The first-order valence-corrected chi connectivity index (χ1v) is 15.6. The minimum atomic E-state index is -1.27. The number of carbonyl (C=O) groups is 4. The number of esters is 1. The van der Waals surface area contributed by atoms with E-state index in [2.05, 4.69) is 22.2 Å². The maximum Gasteiger partial charge on any atom is 0.435 e. The van der Waals surface area contributed by atoms with E-state index in [4.69, 9.17) is 25.3 Å². The molecule has 0 radical (unpaired) electrons. The molecule has 14 heteroatoms. The van der Waals surface area contributed by atoms with Crippen molar-refractivity contribution in [2.24, 2.45) is 17.8 Å². The van der Waals surface area contributed by atoms with Crippen LogP contribution in [0.25, 0.3) is 11.0 Å². The number of ether oxygens (including phenoxy) is 2. The average Bonchev–Trinajstić information content (AvgIpc) is 3.41. The van der Waals surface area contributed by atoms with Crippen LogP contribution in [0.15, 0.2) is 71.9 Å². The van der Waals surface area contributed by atoms with E-state index < -0.39 is 30.5 Å². The van der Waals surface area contributed by atoms with E-state index in [1.807, 2.05) is 23.7 Å². The lowest BCUT2D eigenvalue weighted by Crippen LogP contribution is -2.34. The van der Waals surface area contributed by atoms with Crippen LogP contribution in [0.2, 0.25) is 0 Å². The molecule has 2 amide bonds. The maximum atomic E-state index is 13.6. The number of aromatic nitrogens is 3. The fourth-order valence-electron chi connectivity index (χ4n) is 4.77. The summed E-state index contributed by atoms with van der Waals surface area (Å²) in [7, 11) is 1.87. The fraction of sp³-hybridized carbons (Fsp3) is 0.324. The Labute approximate surface area is 277 Å². The number of carboxylic acid groups (broad SMARTS) is 1. The first kappa shape index (κ1) is 35.1. The van der Waals surface area contributed by atoms with Gasteiger partial charge in [0.1, 0.15) is 17.5 Å². The lowest BCUT2D eigenvalue weighted by Gasteiger charge is -2.21. The van der Waals surface area contributed by atoms with Crippen LogP contribution in [0.5, 0.6) is 0 Å². The van der Waals surface area contributed by atoms with Crippen LogP contribution in [0, 0.1) is 0 Å². The lowest BCUT2D eigenvalue weighted by molar-refractivity contribution is -0.154. The first-order chi connectivity index (χ1) is 23.2. The Kier molecular flexibility index (Phi) is 12.6. The molecule has 0 aliphatic carbocycles. The molecule has 4 rings (SSSR count). The quantitative estimate of drug-likeness (QED) is 0.0657. The molecule has 0 bridgehead atoms. The summed E-state index contributed by atoms with van der Waals surface area (Å²) >= 11 is 0. The molecular weight excluding hydrogens is 618 g/mol. The minimum absolute atomic E-state index is 0.0662. The van der Waals surface area contributed by atoms with Crippen LogP contribution in [0.4, 0.5) is 16.3 Å². The molecule has 14 nitrogen and oxygen atoms in total. The Bertz CT molecular complexity index is 1750. The third kappa shape index (κ3) is 9.85. The molecule has 2 aromatic carbocycles. The Hall–Kier alpha value is -5.79. The van der Waals surface area contributed by atoms with Crippen LogP contribution in [-0.4, -0.2) is 69.2 Å². The normalized spacial score (nSPS) is 11.2. The number of hydrogen-bond donors (Lipinski definition) is 3. The zero-order valence-electron chi connectivity index (χ0n) is 26.9. The predicted molar refractivity (Wildman–Crippen MR) is 180 cm³/mol. The summed E-state index contributed by atoms with van der Waals surface area (Å²) < 4.78 is 11.8. The van der Waals surface area contributed by atoms with Crippen molar-refractivity contribution in [2.45, 2.75) is 45.6 Å². The second kappa shape index (κ2) is 17.2. The van der Waals surface area contributed by atoms with Gasteiger partial charge in [0, 0.05) is 36.6 Å². The van der Waals surface area contributed by atoms with Gasteiger partial charge in [-0.3, -0.25) is 14.5 Å². The van der Waals surface area contributed by atoms with Gasteiger partial charge >= 0.3 is 18.0 Å². The maximum absolute atomic E-state index is 13.6. The Morgan fingerprint density at radius 2 is 1.77 bits per heavy atom. The van der Waals surface area contributed by atoms with Crippen LogP contribution in [-0.2, 0) is 32.7 Å². The van der Waals surface area contributed by atoms with Crippen LogP contribution in [0.1, 0.15) is 60.8 Å². The molecule has 252 valence electrons. The zero-order chi connectivity index (χ0) is 34.5. The number of nitrogens with zero attached hydrogens (tertiary/aromatic N) is 5. The number of benzene rings is 2. The molecule has 0 fully saturated rings. The van der Waals surface area contributed by atoms with Crippen molar-refractivity contribution >= 4 is 52.3 Å². The largest absolute Gasteiger partial charge is 0.479 e. The molecule has 0 spiro atoms. The molecule has 0 aliphatic rings. The summed E-state index contributed by atoms with van der Waals surface area (Å²) in [6.45, 7) is 1.98. The standard InChI is InChI=1S/C34H39N7O7/c1-3-4-5-8-19-47-34(46)39-32(35)23-10-13-25(14-11-23)37-21-29-38-26-20-24(12-15-27(26)40(29)2)33(45)41(28-9-6-7-17-36-28)18-16-31(44)48-22-30(42)43/h6-7,9-15,17,20,37H,3-5,8,16,18-19,21-22H2,1-2H3,(H,42,43)(H2,35,39,46). The topological polar surface area (TPSA) is 191 Å². The highest BCUT2D eigenvalue weighted by Gasteiger charge is 2.22. The lowest BCUT2D eigenvalue weighted by atomic mass is 10.1. The molecule has 2 heterocycles. The van der Waals surface area contributed by atoms with Gasteiger partial charge in [-0.05, 0) is 61.0 Å². The molecule has 0 saturated heterocycles. The molecule has 0 aliphatic heterocycles. The van der Waals surface area contributed by atoms with Crippen molar-refractivity contribution in [3.63, 3.8) is 0 Å². The number of aliphatic imine (C=N–C) groups is 1. The second-order valence-corrected chi connectivity index (χ2v) is 10.8. The summed E-state index contributed by atoms with van der Waals surface area (Å²) in [5.74, 6) is -1.31. The van der Waals surface area contributed by atoms with Gasteiger partial charge in [0.15, 0.2) is 6.61 Å². The van der Waals surface area contributed by atoms with Crippen molar-refractivity contribution in [2.75, 3.05) is 30.0 Å². The van der Waals surface area contributed by atoms with Crippen molar-refractivity contribution in [1.82, 2.24) is 14.5 Å². The third-order valence-corrected chi connectivity index (χ3v) is 7.35. The number of carboxylic acids is 1. The van der Waals surface area contributed by atoms with E-state index in [0.29, 0.717) is 41.4 Å². The van der Waals surface area contributed by atoms with Gasteiger partial charge in [-0.15, -0.1) is 0 Å². The summed E-state index contributed by atoms with van der Waals surface area (Å²) in [6.07, 6.45) is 4.59. The Morgan fingerprint density at radius 3 is 2.48 bits per heavy atom. The van der Waals surface area contributed by atoms with E-state index in [0.717, 1.165) is 36.9 Å². The first-order valence-electron chi connectivity index (χ1n) is 15.6. The van der Waals surface area contributed by atoms with Crippen molar-refractivity contribution in [3.8, 4) is 0 Å². The van der Waals surface area contributed by atoms with E-state index in [-0.39, 0.29) is 18.8 Å². The van der Waals surface area contributed by atoms with Gasteiger partial charge in [-0.2, -0.15) is 4.99 Å². The number of pyridine rings is 1. The highest BCUT2D eigenvalue weighted by atomic mass is 16.6. The number of amides is 2. The van der Waals surface area contributed by atoms with Gasteiger partial charge in [-0.25, -0.2) is 19.6 Å². The number of anilines is 2. The van der Waals surface area contributed by atoms with E-state index in [1.165, 1.54) is 11.1 Å². The molecule has 4 aromatic rings. The van der Waals surface area contributed by atoms with Gasteiger partial charge in [-0.1, -0.05) is 32.3 Å². The summed E-state index contributed by atoms with van der Waals surface area (Å²) in [4.78, 5) is 62.6. The number of fused-ring (bicyclic) bond motifs is 1. The highest BCUT2D eigenvalue weighted by Crippen LogP contribution is 2.21. The third-order valence-electron chi connectivity index (χ3n) is 7.35. The number of imidazole rings is 1. The Balaban J connectivity index is 1.40. The number of rotatable bonds is 16. The number of aliphatic carboxylic acids is 1. The van der Waals surface area contributed by atoms with Crippen LogP contribution >= 0.6 is 0 Å². The number of hydrogen-bond acceptors (Lipinski definition) is 9. The molecular formula is C34H39N7O7. The summed E-state index contributed by atoms with van der Waals surface area (Å²) in [5, 5.41) is 12.1. The van der Waals surface area contributed by atoms with Crippen molar-refractivity contribution in [1.29, 1.82) is 0 Å². The van der Waals surface area contributed by atoms with Crippen LogP contribution < -0.4 is 16.0 Å². The van der Waals surface area contributed by atoms with Gasteiger partial charge in [0.25, 0.3) is 5.91 Å². The molecule has 0 saturated carbocycles. The average molecular weight is 658 g/mol. The van der Waals surface area contributed by atoms with Gasteiger partial charge in [0.2, 0.25) is 0 Å². The number of carbonyl (C=O) groups excluding carboxylic acids is 3. The summed E-state index contributed by atoms with van der Waals surface area (Å²) in [5.41, 5.74) is 9.12. The number of nitrogens with one attached hydrogen (secondary N) is 1. The smallest absolute Gasteiger partial charge is 0.435 e. The monoisotopic (exact) mass is 657 g/mol. The SMILES string of the molecule is CCCCCCOC(=O)/N=C(\N)c1ccc(NCc2nc3cc(C(=O)N(CCC(=O)OCC(=O)O)c4ccccn4)ccc3n2C)cc1. The minimum Gasteiger partial charge on any atom is -0.479 e. The number of unbranched alkanes of at least 4 members (excludes halogenated alkanes) is 3.